The van der Waals surface area contributed by atoms with Crippen molar-refractivity contribution in [3.8, 4) is 22.8 Å². The van der Waals surface area contributed by atoms with Crippen LogP contribution in [0.1, 0.15) is 37.0 Å². The van der Waals surface area contributed by atoms with Crippen LogP contribution in [0.3, 0.4) is 0 Å². The van der Waals surface area contributed by atoms with Crippen LogP contribution < -0.4 is 4.74 Å². The Balaban J connectivity index is 1.74. The molecule has 11 heteroatoms. The van der Waals surface area contributed by atoms with Crippen molar-refractivity contribution >= 4 is 11.8 Å². The lowest BCUT2D eigenvalue weighted by Crippen LogP contribution is -2.07. The van der Waals surface area contributed by atoms with E-state index in [4.69, 9.17) is 9.26 Å². The van der Waals surface area contributed by atoms with Gasteiger partial charge in [0.2, 0.25) is 5.89 Å². The van der Waals surface area contributed by atoms with Gasteiger partial charge in [-0.3, -0.25) is 4.57 Å². The van der Waals surface area contributed by atoms with Crippen molar-refractivity contribution in [3.63, 3.8) is 0 Å². The van der Waals surface area contributed by atoms with Crippen molar-refractivity contribution in [1.82, 2.24) is 24.9 Å². The molecule has 0 saturated carbocycles. The summed E-state index contributed by atoms with van der Waals surface area (Å²) in [5, 5.41) is 12.8. The first-order chi connectivity index (χ1) is 15.8. The fourth-order valence-corrected chi connectivity index (χ4v) is 3.82. The molecule has 0 saturated heterocycles. The molecule has 2 aromatic heterocycles. The van der Waals surface area contributed by atoms with Crippen molar-refractivity contribution in [2.75, 3.05) is 7.11 Å². The van der Waals surface area contributed by atoms with Crippen LogP contribution in [0.15, 0.2) is 58.2 Å². The Morgan fingerprint density at radius 1 is 1.09 bits per heavy atom. The maximum absolute atomic E-state index is 13.4. The number of methoxy groups -OCH3 is 1. The lowest BCUT2D eigenvalue weighted by Gasteiger charge is -2.13. The first kappa shape index (κ1) is 22.8. The monoisotopic (exact) mass is 475 g/mol. The average Bonchev–Trinajstić information content (AvgIpc) is 3.44. The lowest BCUT2D eigenvalue weighted by atomic mass is 10.1. The second-order valence-corrected chi connectivity index (χ2v) is 8.35. The summed E-state index contributed by atoms with van der Waals surface area (Å²) in [4.78, 5) is 4.34. The van der Waals surface area contributed by atoms with Crippen LogP contribution in [0.5, 0.6) is 5.75 Å². The van der Waals surface area contributed by atoms with Gasteiger partial charge < -0.3 is 9.26 Å². The van der Waals surface area contributed by atoms with E-state index in [9.17, 15) is 13.2 Å². The molecule has 7 nitrogen and oxygen atoms in total. The zero-order valence-electron chi connectivity index (χ0n) is 18.0. The third-order valence-electron chi connectivity index (χ3n) is 4.74. The van der Waals surface area contributed by atoms with E-state index >= 15 is 0 Å². The number of rotatable bonds is 7. The van der Waals surface area contributed by atoms with Gasteiger partial charge in [-0.25, -0.2) is 0 Å². The van der Waals surface area contributed by atoms with Gasteiger partial charge in [0.25, 0.3) is 0 Å². The van der Waals surface area contributed by atoms with E-state index in [1.165, 1.54) is 17.8 Å². The molecule has 0 aliphatic rings. The zero-order valence-corrected chi connectivity index (χ0v) is 18.8. The molecule has 0 N–H and O–H groups in total. The van der Waals surface area contributed by atoms with Crippen LogP contribution in [-0.2, 0) is 11.9 Å². The van der Waals surface area contributed by atoms with E-state index < -0.39 is 11.7 Å². The second-order valence-electron chi connectivity index (χ2n) is 7.41. The van der Waals surface area contributed by atoms with Gasteiger partial charge in [0.1, 0.15) is 5.75 Å². The van der Waals surface area contributed by atoms with Crippen molar-refractivity contribution in [1.29, 1.82) is 0 Å². The number of ether oxygens (including phenoxy) is 1. The Kier molecular flexibility index (Phi) is 6.41. The summed E-state index contributed by atoms with van der Waals surface area (Å²) < 4.78 is 52.1. The summed E-state index contributed by atoms with van der Waals surface area (Å²) in [6.45, 7) is 3.90. The van der Waals surface area contributed by atoms with E-state index in [-0.39, 0.29) is 11.6 Å². The summed E-state index contributed by atoms with van der Waals surface area (Å²) in [5.74, 6) is 2.43. The number of hydrogen-bond donors (Lipinski definition) is 0. The molecule has 2 aromatic carbocycles. The Bertz CT molecular complexity index is 1240. The summed E-state index contributed by atoms with van der Waals surface area (Å²) in [5.41, 5.74) is 0.202. The molecule has 0 aliphatic carbocycles. The van der Waals surface area contributed by atoms with Gasteiger partial charge in [-0.05, 0) is 42.5 Å². The predicted molar refractivity (Wildman–Crippen MR) is 116 cm³/mol. The van der Waals surface area contributed by atoms with Gasteiger partial charge in [0.15, 0.2) is 16.8 Å². The Labute approximate surface area is 192 Å². The quantitative estimate of drug-likeness (QED) is 0.315. The molecule has 172 valence electrons. The Morgan fingerprint density at radius 2 is 1.85 bits per heavy atom. The number of thioether (sulfide) groups is 1. The highest BCUT2D eigenvalue weighted by Gasteiger charge is 2.31. The smallest absolute Gasteiger partial charge is 0.416 e. The largest absolute Gasteiger partial charge is 0.497 e. The SMILES string of the molecule is COc1ccc(-c2nnc(SCc3nc(C(C)C)no3)n2-c2cccc(C(F)(F)F)c2)cc1. The van der Waals surface area contributed by atoms with Crippen LogP contribution in [0.2, 0.25) is 0 Å². The molecule has 0 spiro atoms. The minimum atomic E-state index is -4.48. The number of aromatic nitrogens is 5. The molecule has 0 radical (unpaired) electrons. The molecule has 0 aliphatic heterocycles. The first-order valence-corrected chi connectivity index (χ1v) is 11.0. The maximum atomic E-state index is 13.4. The standard InChI is InChI=1S/C22H20F3N5O2S/c1-13(2)19-26-18(32-29-19)12-33-21-28-27-20(14-7-9-17(31-3)10-8-14)30(21)16-6-4-5-15(11-16)22(23,24)25/h4-11,13H,12H2,1-3H3. The zero-order chi connectivity index (χ0) is 23.6. The fourth-order valence-electron chi connectivity index (χ4n) is 3.03. The van der Waals surface area contributed by atoms with Crippen LogP contribution in [0, 0.1) is 0 Å². The highest BCUT2D eigenvalue weighted by Crippen LogP contribution is 2.34. The molecule has 0 bridgehead atoms. The van der Waals surface area contributed by atoms with Gasteiger partial charge in [0, 0.05) is 11.5 Å². The first-order valence-electron chi connectivity index (χ1n) is 9.99. The van der Waals surface area contributed by atoms with E-state index in [1.54, 1.807) is 42.0 Å². The summed E-state index contributed by atoms with van der Waals surface area (Å²) in [6.07, 6.45) is -4.48. The summed E-state index contributed by atoms with van der Waals surface area (Å²) in [7, 11) is 1.55. The van der Waals surface area contributed by atoms with Gasteiger partial charge in [-0.15, -0.1) is 10.2 Å². The van der Waals surface area contributed by atoms with Crippen LogP contribution in [0.25, 0.3) is 17.1 Å². The molecule has 0 unspecified atom stereocenters. The summed E-state index contributed by atoms with van der Waals surface area (Å²) >= 11 is 1.24. The normalized spacial score (nSPS) is 11.8. The number of nitrogens with zero attached hydrogens (tertiary/aromatic N) is 5. The van der Waals surface area contributed by atoms with Gasteiger partial charge in [-0.2, -0.15) is 18.2 Å². The van der Waals surface area contributed by atoms with E-state index in [2.05, 4.69) is 20.3 Å². The molecule has 0 amide bonds. The molecule has 0 fully saturated rings. The van der Waals surface area contributed by atoms with E-state index in [1.807, 2.05) is 13.8 Å². The highest BCUT2D eigenvalue weighted by molar-refractivity contribution is 7.98. The van der Waals surface area contributed by atoms with E-state index in [0.29, 0.717) is 39.8 Å². The maximum Gasteiger partial charge on any atom is 0.416 e. The molecule has 0 atom stereocenters. The molecular weight excluding hydrogens is 455 g/mol. The number of hydrogen-bond acceptors (Lipinski definition) is 7. The van der Waals surface area contributed by atoms with Crippen molar-refractivity contribution in [2.45, 2.75) is 36.9 Å². The van der Waals surface area contributed by atoms with Gasteiger partial charge in [-0.1, -0.05) is 36.8 Å². The third kappa shape index (κ3) is 5.03. The molecule has 4 rings (SSSR count). The Morgan fingerprint density at radius 3 is 2.48 bits per heavy atom. The second kappa shape index (κ2) is 9.26. The predicted octanol–water partition coefficient (Wildman–Crippen LogP) is 5.76. The van der Waals surface area contributed by atoms with Crippen molar-refractivity contribution in [3.05, 3.63) is 65.8 Å². The highest BCUT2D eigenvalue weighted by atomic mass is 32.2. The van der Waals surface area contributed by atoms with Crippen LogP contribution >= 0.6 is 11.8 Å². The number of alkyl halides is 3. The van der Waals surface area contributed by atoms with Crippen molar-refractivity contribution < 1.29 is 22.4 Å². The Hall–Kier alpha value is -3.34. The molecular formula is C22H20F3N5O2S. The minimum absolute atomic E-state index is 0.114. The topological polar surface area (TPSA) is 78.9 Å². The van der Waals surface area contributed by atoms with Crippen LogP contribution in [-0.4, -0.2) is 32.0 Å². The van der Waals surface area contributed by atoms with Gasteiger partial charge in [0.05, 0.1) is 24.1 Å². The lowest BCUT2D eigenvalue weighted by molar-refractivity contribution is -0.137. The third-order valence-corrected chi connectivity index (χ3v) is 5.65. The number of halogens is 3. The summed E-state index contributed by atoms with van der Waals surface area (Å²) in [6, 6.07) is 12.1. The number of benzene rings is 2. The fraction of sp³-hybridized carbons (Fsp3) is 0.273. The molecule has 33 heavy (non-hydrogen) atoms. The van der Waals surface area contributed by atoms with Crippen molar-refractivity contribution in [2.24, 2.45) is 0 Å². The molecule has 4 aromatic rings. The average molecular weight is 475 g/mol. The van der Waals surface area contributed by atoms with Gasteiger partial charge >= 0.3 is 6.18 Å². The van der Waals surface area contributed by atoms with E-state index in [0.717, 1.165) is 12.1 Å². The molecule has 2 heterocycles. The van der Waals surface area contributed by atoms with Crippen LogP contribution in [0.4, 0.5) is 13.2 Å². The minimum Gasteiger partial charge on any atom is -0.497 e.